The van der Waals surface area contributed by atoms with Gasteiger partial charge in [-0.3, -0.25) is 0 Å². The van der Waals surface area contributed by atoms with Crippen LogP contribution in [0.15, 0.2) is 41.4 Å². The first-order valence-corrected chi connectivity index (χ1v) is 8.15. The molecule has 2 heterocycles. The average Bonchev–Trinajstić information content (AvgIpc) is 2.73. The van der Waals surface area contributed by atoms with Crippen molar-refractivity contribution < 1.29 is 4.74 Å². The Morgan fingerprint density at radius 1 is 1.09 bits per heavy atom. The van der Waals surface area contributed by atoms with Crippen molar-refractivity contribution in [2.24, 2.45) is 4.99 Å². The maximum absolute atomic E-state index is 6.25. The highest BCUT2D eigenvalue weighted by molar-refractivity contribution is 6.04. The summed E-state index contributed by atoms with van der Waals surface area (Å²) in [5.41, 5.74) is 4.33. The van der Waals surface area contributed by atoms with Crippen LogP contribution >= 0.6 is 0 Å². The zero-order valence-electron chi connectivity index (χ0n) is 13.6. The zero-order chi connectivity index (χ0) is 15.8. The Bertz CT molecular complexity index is 776. The van der Waals surface area contributed by atoms with Crippen LogP contribution in [0.3, 0.4) is 0 Å². The van der Waals surface area contributed by atoms with Crippen LogP contribution in [0.4, 0.5) is 5.69 Å². The van der Waals surface area contributed by atoms with E-state index in [0.29, 0.717) is 0 Å². The summed E-state index contributed by atoms with van der Waals surface area (Å²) in [6.07, 6.45) is 0. The highest BCUT2D eigenvalue weighted by atomic mass is 16.5. The molecule has 0 aromatic heterocycles. The predicted molar refractivity (Wildman–Crippen MR) is 93.1 cm³/mol. The molecule has 0 aliphatic carbocycles. The van der Waals surface area contributed by atoms with Gasteiger partial charge < -0.3 is 15.0 Å². The molecule has 0 unspecified atom stereocenters. The van der Waals surface area contributed by atoms with E-state index in [1.165, 1.54) is 5.56 Å². The van der Waals surface area contributed by atoms with Gasteiger partial charge in [-0.05, 0) is 43.2 Å². The molecule has 1 fully saturated rings. The first-order valence-electron chi connectivity index (χ1n) is 8.15. The minimum absolute atomic E-state index is 0.830. The summed E-state index contributed by atoms with van der Waals surface area (Å²) in [5.74, 6) is 2.78. The van der Waals surface area contributed by atoms with Gasteiger partial charge in [0.25, 0.3) is 0 Å². The molecule has 1 N–H and O–H groups in total. The highest BCUT2D eigenvalue weighted by Crippen LogP contribution is 2.40. The van der Waals surface area contributed by atoms with Crippen LogP contribution in [-0.2, 0) is 0 Å². The van der Waals surface area contributed by atoms with Gasteiger partial charge in [0.1, 0.15) is 17.3 Å². The number of hydrogen-bond acceptors (Lipinski definition) is 4. The molecule has 0 saturated carbocycles. The van der Waals surface area contributed by atoms with Crippen molar-refractivity contribution in [3.8, 4) is 11.5 Å². The summed E-state index contributed by atoms with van der Waals surface area (Å²) in [6, 6.07) is 12.5. The van der Waals surface area contributed by atoms with E-state index in [9.17, 15) is 0 Å². The molecule has 1 saturated heterocycles. The molecule has 0 amide bonds. The summed E-state index contributed by atoms with van der Waals surface area (Å²) >= 11 is 0. The normalized spacial score (nSPS) is 16.8. The number of benzene rings is 2. The standard InChI is InChI=1S/C19H21N3O/c1-13-6-7-17-16(12-13)21-19(22-10-8-20-9-11-22)15-5-3-4-14(2)18(15)23-17/h3-7,12,20H,8-11H2,1-2H3. The second-order valence-electron chi connectivity index (χ2n) is 6.20. The van der Waals surface area contributed by atoms with Gasteiger partial charge in [-0.15, -0.1) is 0 Å². The van der Waals surface area contributed by atoms with Gasteiger partial charge in [0.05, 0.1) is 5.56 Å². The molecule has 2 aromatic carbocycles. The van der Waals surface area contributed by atoms with Crippen LogP contribution < -0.4 is 10.1 Å². The van der Waals surface area contributed by atoms with E-state index in [1.54, 1.807) is 0 Å². The van der Waals surface area contributed by atoms with Gasteiger partial charge in [0.2, 0.25) is 0 Å². The molecule has 4 rings (SSSR count). The van der Waals surface area contributed by atoms with Gasteiger partial charge in [-0.25, -0.2) is 4.99 Å². The number of nitrogens with one attached hydrogen (secondary N) is 1. The van der Waals surface area contributed by atoms with E-state index in [4.69, 9.17) is 9.73 Å². The molecular weight excluding hydrogens is 286 g/mol. The minimum Gasteiger partial charge on any atom is -0.454 e. The molecule has 0 atom stereocenters. The number of piperazine rings is 1. The van der Waals surface area contributed by atoms with E-state index in [0.717, 1.165) is 60.3 Å². The van der Waals surface area contributed by atoms with E-state index in [-0.39, 0.29) is 0 Å². The molecule has 23 heavy (non-hydrogen) atoms. The average molecular weight is 307 g/mol. The minimum atomic E-state index is 0.830. The number of ether oxygens (including phenoxy) is 1. The van der Waals surface area contributed by atoms with E-state index >= 15 is 0 Å². The van der Waals surface area contributed by atoms with Crippen molar-refractivity contribution in [3.05, 3.63) is 53.1 Å². The fourth-order valence-corrected chi connectivity index (χ4v) is 3.17. The second kappa shape index (κ2) is 5.70. The first kappa shape index (κ1) is 14.3. The van der Waals surface area contributed by atoms with Crippen molar-refractivity contribution in [2.45, 2.75) is 13.8 Å². The molecule has 0 bridgehead atoms. The lowest BCUT2D eigenvalue weighted by Crippen LogP contribution is -2.46. The van der Waals surface area contributed by atoms with Crippen molar-refractivity contribution >= 4 is 11.5 Å². The largest absolute Gasteiger partial charge is 0.454 e. The lowest BCUT2D eigenvalue weighted by Gasteiger charge is -2.30. The number of aryl methyl sites for hydroxylation is 2. The summed E-state index contributed by atoms with van der Waals surface area (Å²) < 4.78 is 6.25. The summed E-state index contributed by atoms with van der Waals surface area (Å²) in [5, 5.41) is 3.41. The number of hydrogen-bond donors (Lipinski definition) is 1. The Morgan fingerprint density at radius 3 is 2.74 bits per heavy atom. The van der Waals surface area contributed by atoms with Gasteiger partial charge in [0, 0.05) is 26.2 Å². The smallest absolute Gasteiger partial charge is 0.153 e. The monoisotopic (exact) mass is 307 g/mol. The number of rotatable bonds is 0. The van der Waals surface area contributed by atoms with Gasteiger partial charge in [-0.1, -0.05) is 18.2 Å². The summed E-state index contributed by atoms with van der Waals surface area (Å²) in [4.78, 5) is 7.35. The SMILES string of the molecule is Cc1ccc2c(c1)N=C(N1CCNCC1)c1cccc(C)c1O2. The first-order chi connectivity index (χ1) is 11.2. The quantitative estimate of drug-likeness (QED) is 0.810. The Morgan fingerprint density at radius 2 is 1.91 bits per heavy atom. The predicted octanol–water partition coefficient (Wildman–Crippen LogP) is 3.39. The maximum atomic E-state index is 6.25. The Kier molecular flexibility index (Phi) is 3.54. The summed E-state index contributed by atoms with van der Waals surface area (Å²) in [6.45, 7) is 8.08. The molecule has 0 spiro atoms. The lowest BCUT2D eigenvalue weighted by atomic mass is 10.1. The molecule has 2 aliphatic rings. The topological polar surface area (TPSA) is 36.9 Å². The number of fused-ring (bicyclic) bond motifs is 2. The Hall–Kier alpha value is -2.33. The number of amidine groups is 1. The van der Waals surface area contributed by atoms with Crippen LogP contribution in [0.2, 0.25) is 0 Å². The van der Waals surface area contributed by atoms with Gasteiger partial charge in [0.15, 0.2) is 5.75 Å². The molecular formula is C19H21N3O. The molecule has 4 nitrogen and oxygen atoms in total. The molecule has 2 aromatic rings. The molecule has 0 radical (unpaired) electrons. The number of para-hydroxylation sites is 1. The summed E-state index contributed by atoms with van der Waals surface area (Å²) in [7, 11) is 0. The van der Waals surface area contributed by atoms with Gasteiger partial charge >= 0.3 is 0 Å². The third kappa shape index (κ3) is 2.59. The van der Waals surface area contributed by atoms with Crippen molar-refractivity contribution in [2.75, 3.05) is 26.2 Å². The van der Waals surface area contributed by atoms with E-state index in [2.05, 4.69) is 54.4 Å². The van der Waals surface area contributed by atoms with E-state index < -0.39 is 0 Å². The fraction of sp³-hybridized carbons (Fsp3) is 0.316. The van der Waals surface area contributed by atoms with E-state index in [1.807, 2.05) is 6.07 Å². The highest BCUT2D eigenvalue weighted by Gasteiger charge is 2.24. The van der Waals surface area contributed by atoms with Gasteiger partial charge in [-0.2, -0.15) is 0 Å². The third-order valence-corrected chi connectivity index (χ3v) is 4.42. The Labute approximate surface area is 136 Å². The number of aliphatic imine (C=N–C) groups is 1. The second-order valence-corrected chi connectivity index (χ2v) is 6.20. The molecule has 2 aliphatic heterocycles. The van der Waals surface area contributed by atoms with Crippen LogP contribution in [0, 0.1) is 13.8 Å². The Balaban J connectivity index is 1.91. The maximum Gasteiger partial charge on any atom is 0.153 e. The van der Waals surface area contributed by atoms with Crippen molar-refractivity contribution in [1.29, 1.82) is 0 Å². The van der Waals surface area contributed by atoms with Crippen LogP contribution in [0.25, 0.3) is 0 Å². The van der Waals surface area contributed by atoms with Crippen molar-refractivity contribution in [1.82, 2.24) is 10.2 Å². The lowest BCUT2D eigenvalue weighted by molar-refractivity contribution is 0.357. The third-order valence-electron chi connectivity index (χ3n) is 4.42. The molecule has 118 valence electrons. The molecule has 4 heteroatoms. The number of nitrogens with zero attached hydrogens (tertiary/aromatic N) is 2. The zero-order valence-corrected chi connectivity index (χ0v) is 13.6. The van der Waals surface area contributed by atoms with Crippen molar-refractivity contribution in [3.63, 3.8) is 0 Å². The van der Waals surface area contributed by atoms with Crippen LogP contribution in [0.5, 0.6) is 11.5 Å². The van der Waals surface area contributed by atoms with Crippen LogP contribution in [0.1, 0.15) is 16.7 Å². The fourth-order valence-electron chi connectivity index (χ4n) is 3.17. The van der Waals surface area contributed by atoms with Crippen LogP contribution in [-0.4, -0.2) is 36.9 Å².